The summed E-state index contributed by atoms with van der Waals surface area (Å²) in [6, 6.07) is 7.29. The second-order valence-corrected chi connectivity index (χ2v) is 16.1. The van der Waals surface area contributed by atoms with Gasteiger partial charge in [-0.25, -0.2) is 0 Å². The molecule has 1 aliphatic carbocycles. The number of benzene rings is 1. The molecule has 5 atom stereocenters. The van der Waals surface area contributed by atoms with Crippen LogP contribution in [-0.2, 0) is 0 Å². The number of fused-ring (bicyclic) bond motifs is 1. The van der Waals surface area contributed by atoms with E-state index in [0.29, 0.717) is 28.4 Å². The summed E-state index contributed by atoms with van der Waals surface area (Å²) in [4.78, 5) is 26.8. The predicted molar refractivity (Wildman–Crippen MR) is 195 cm³/mol. The fourth-order valence-corrected chi connectivity index (χ4v) is 7.83. The molecule has 0 spiro atoms. The van der Waals surface area contributed by atoms with Gasteiger partial charge in [-0.1, -0.05) is 169 Å². The van der Waals surface area contributed by atoms with Gasteiger partial charge in [-0.2, -0.15) is 0 Å². The second kappa shape index (κ2) is 21.4. The van der Waals surface area contributed by atoms with E-state index >= 15 is 0 Å². The van der Waals surface area contributed by atoms with Crippen LogP contribution < -0.4 is 0 Å². The maximum absolute atomic E-state index is 13.2. The van der Waals surface area contributed by atoms with Crippen LogP contribution in [0.1, 0.15) is 178 Å². The Morgan fingerprint density at radius 3 is 1.20 bits per heavy atom. The molecule has 2 nitrogen and oxygen atoms in total. The second-order valence-electron chi connectivity index (χ2n) is 15.3. The Kier molecular flexibility index (Phi) is 18.9. The Labute approximate surface area is 277 Å². The van der Waals surface area contributed by atoms with Crippen molar-refractivity contribution in [3.05, 3.63) is 45.9 Å². The lowest BCUT2D eigenvalue weighted by Gasteiger charge is -2.21. The standard InChI is InChI=1S/C41H68O2S/c1-30(2)16-11-17-31(3)18-12-19-32(4)20-13-21-33(5)22-14-23-34(6)24-15-25-35(7)28-29-38-39(42)36-26-9-10-27-37(36)40(43)41(38)44-8/h9-10,26-27,30-35H,11-25,28-29H2,1-8H3. The van der Waals surface area contributed by atoms with Crippen molar-refractivity contribution in [1.29, 1.82) is 0 Å². The molecule has 0 radical (unpaired) electrons. The van der Waals surface area contributed by atoms with Crippen LogP contribution in [0.3, 0.4) is 0 Å². The molecule has 0 aliphatic heterocycles. The van der Waals surface area contributed by atoms with Crippen molar-refractivity contribution in [1.82, 2.24) is 0 Å². The number of carbonyl (C=O) groups excluding carboxylic acids is 2. The summed E-state index contributed by atoms with van der Waals surface area (Å²) in [7, 11) is 0. The van der Waals surface area contributed by atoms with Crippen LogP contribution in [-0.4, -0.2) is 17.8 Å². The fourth-order valence-electron chi connectivity index (χ4n) is 7.09. The highest BCUT2D eigenvalue weighted by molar-refractivity contribution is 8.03. The van der Waals surface area contributed by atoms with Crippen LogP contribution in [0, 0.1) is 35.5 Å². The monoisotopic (exact) mass is 624 g/mol. The average Bonchev–Trinajstić information content (AvgIpc) is 2.98. The minimum Gasteiger partial charge on any atom is -0.289 e. The third kappa shape index (κ3) is 14.4. The Morgan fingerprint density at radius 2 is 0.841 bits per heavy atom. The number of ketones is 2. The number of allylic oxidation sites excluding steroid dienone is 2. The number of thioether (sulfide) groups is 1. The van der Waals surface area contributed by atoms with Crippen LogP contribution in [0.4, 0.5) is 0 Å². The van der Waals surface area contributed by atoms with Crippen molar-refractivity contribution < 1.29 is 9.59 Å². The minimum atomic E-state index is 0.0244. The molecule has 0 fully saturated rings. The number of rotatable bonds is 24. The minimum absolute atomic E-state index is 0.0244. The molecule has 0 saturated heterocycles. The van der Waals surface area contributed by atoms with E-state index in [0.717, 1.165) is 41.6 Å². The van der Waals surface area contributed by atoms with E-state index in [2.05, 4.69) is 48.5 Å². The van der Waals surface area contributed by atoms with Crippen molar-refractivity contribution >= 4 is 23.3 Å². The Bertz CT molecular complexity index is 1010. The van der Waals surface area contributed by atoms with E-state index in [1.165, 1.54) is 108 Å². The molecule has 0 saturated carbocycles. The molecule has 1 aliphatic rings. The molecule has 250 valence electrons. The third-order valence-electron chi connectivity index (χ3n) is 10.3. The topological polar surface area (TPSA) is 34.1 Å². The average molecular weight is 625 g/mol. The van der Waals surface area contributed by atoms with Gasteiger partial charge < -0.3 is 0 Å². The first kappa shape index (κ1) is 38.8. The van der Waals surface area contributed by atoms with Gasteiger partial charge in [-0.15, -0.1) is 11.8 Å². The number of carbonyl (C=O) groups is 2. The predicted octanol–water partition coefficient (Wildman–Crippen LogP) is 13.2. The van der Waals surface area contributed by atoms with Gasteiger partial charge in [-0.3, -0.25) is 9.59 Å². The van der Waals surface area contributed by atoms with E-state index in [-0.39, 0.29) is 11.6 Å². The molecule has 44 heavy (non-hydrogen) atoms. The molecule has 2 rings (SSSR count). The lowest BCUT2D eigenvalue weighted by Crippen LogP contribution is -2.21. The highest BCUT2D eigenvalue weighted by Gasteiger charge is 2.31. The Hall–Kier alpha value is -1.35. The molecule has 0 amide bonds. The van der Waals surface area contributed by atoms with Gasteiger partial charge in [0.15, 0.2) is 11.6 Å². The van der Waals surface area contributed by atoms with Gasteiger partial charge in [0.1, 0.15) is 0 Å². The van der Waals surface area contributed by atoms with Crippen molar-refractivity contribution in [2.24, 2.45) is 35.5 Å². The summed E-state index contributed by atoms with van der Waals surface area (Å²) < 4.78 is 0. The van der Waals surface area contributed by atoms with E-state index in [9.17, 15) is 9.59 Å². The summed E-state index contributed by atoms with van der Waals surface area (Å²) in [6.45, 7) is 16.8. The zero-order valence-electron chi connectivity index (χ0n) is 30.0. The van der Waals surface area contributed by atoms with E-state index in [1.54, 1.807) is 12.1 Å². The van der Waals surface area contributed by atoms with Crippen molar-refractivity contribution in [2.75, 3.05) is 6.26 Å². The van der Waals surface area contributed by atoms with Gasteiger partial charge in [0.25, 0.3) is 0 Å². The van der Waals surface area contributed by atoms with Crippen LogP contribution in [0.2, 0.25) is 0 Å². The van der Waals surface area contributed by atoms with Crippen LogP contribution in [0.5, 0.6) is 0 Å². The van der Waals surface area contributed by atoms with Gasteiger partial charge in [0, 0.05) is 16.7 Å². The number of Topliss-reactive ketones (excluding diaryl/α,β-unsaturated/α-hetero) is 2. The lowest BCUT2D eigenvalue weighted by molar-refractivity contribution is 0.0977. The van der Waals surface area contributed by atoms with Gasteiger partial charge in [0.2, 0.25) is 0 Å². The molecule has 0 heterocycles. The van der Waals surface area contributed by atoms with Crippen molar-refractivity contribution in [3.8, 4) is 0 Å². The van der Waals surface area contributed by atoms with E-state index in [1.807, 2.05) is 18.4 Å². The zero-order valence-corrected chi connectivity index (χ0v) is 30.8. The largest absolute Gasteiger partial charge is 0.289 e. The van der Waals surface area contributed by atoms with Gasteiger partial charge >= 0.3 is 0 Å². The van der Waals surface area contributed by atoms with Crippen molar-refractivity contribution in [2.45, 2.75) is 158 Å². The summed E-state index contributed by atoms with van der Waals surface area (Å²) >= 11 is 1.43. The summed E-state index contributed by atoms with van der Waals surface area (Å²) in [5, 5.41) is 0. The van der Waals surface area contributed by atoms with E-state index < -0.39 is 0 Å². The number of hydrogen-bond acceptors (Lipinski definition) is 3. The van der Waals surface area contributed by atoms with E-state index in [4.69, 9.17) is 0 Å². The molecule has 0 aromatic heterocycles. The van der Waals surface area contributed by atoms with Crippen molar-refractivity contribution in [3.63, 3.8) is 0 Å². The molecule has 1 aromatic rings. The molecule has 0 bridgehead atoms. The van der Waals surface area contributed by atoms with Gasteiger partial charge in [-0.05, 0) is 54.6 Å². The highest BCUT2D eigenvalue weighted by Crippen LogP contribution is 2.35. The zero-order chi connectivity index (χ0) is 32.5. The Morgan fingerprint density at radius 1 is 0.500 bits per heavy atom. The Balaban J connectivity index is 1.53. The summed E-state index contributed by atoms with van der Waals surface area (Å²) in [6.07, 6.45) is 24.2. The molecule has 5 unspecified atom stereocenters. The third-order valence-corrected chi connectivity index (χ3v) is 11.2. The molecule has 0 N–H and O–H groups in total. The molecule has 1 aromatic carbocycles. The SMILES string of the molecule is CSC1=C(CCC(C)CCCC(C)CCCC(C)CCCC(C)CCCC(C)CCCC(C)C)C(=O)c2ccccc2C1=O. The quantitative estimate of drug-likeness (QED) is 0.115. The maximum atomic E-state index is 13.2. The normalized spacial score (nSPS) is 17.1. The van der Waals surface area contributed by atoms with Gasteiger partial charge in [0.05, 0.1) is 4.91 Å². The maximum Gasteiger partial charge on any atom is 0.200 e. The number of hydrogen-bond donors (Lipinski definition) is 0. The first-order valence-corrected chi connectivity index (χ1v) is 19.7. The smallest absolute Gasteiger partial charge is 0.200 e. The van der Waals surface area contributed by atoms with Crippen LogP contribution in [0.15, 0.2) is 34.7 Å². The molecular weight excluding hydrogens is 557 g/mol. The molecule has 3 heteroatoms. The van der Waals surface area contributed by atoms with Crippen LogP contribution in [0.25, 0.3) is 0 Å². The van der Waals surface area contributed by atoms with Crippen LogP contribution >= 0.6 is 11.8 Å². The summed E-state index contributed by atoms with van der Waals surface area (Å²) in [5.74, 6) is 4.95. The summed E-state index contributed by atoms with van der Waals surface area (Å²) in [5.41, 5.74) is 1.89. The lowest BCUT2D eigenvalue weighted by atomic mass is 9.85. The fraction of sp³-hybridized carbons (Fsp3) is 0.756. The first-order chi connectivity index (χ1) is 21.0. The first-order valence-electron chi connectivity index (χ1n) is 18.5. The highest BCUT2D eigenvalue weighted by atomic mass is 32.2. The molecular formula is C41H68O2S.